The number of benzene rings is 9. The molecule has 288 valence electrons. The molecule has 0 aliphatic heterocycles. The first-order chi connectivity index (χ1) is 30.2. The van der Waals surface area contributed by atoms with Gasteiger partial charge in [0, 0.05) is 50.2 Å². The molecule has 12 rings (SSSR count). The Balaban J connectivity index is 0.880. The summed E-state index contributed by atoms with van der Waals surface area (Å²) in [6.45, 7) is 0. The Hall–Kier alpha value is -7.88. The summed E-state index contributed by atoms with van der Waals surface area (Å²) in [5.74, 6) is 0. The molecule has 0 atom stereocenters. The van der Waals surface area contributed by atoms with Crippen LogP contribution < -0.4 is 4.90 Å². The third kappa shape index (κ3) is 6.13. The van der Waals surface area contributed by atoms with Gasteiger partial charge in [-0.3, -0.25) is 0 Å². The molecule has 0 fully saturated rings. The van der Waals surface area contributed by atoms with Gasteiger partial charge in [-0.15, -0.1) is 0 Å². The van der Waals surface area contributed by atoms with Crippen molar-refractivity contribution >= 4 is 66.8 Å². The molecule has 1 aliphatic carbocycles. The molecular weight excluding hydrogens is 741 g/mol. The van der Waals surface area contributed by atoms with Gasteiger partial charge in [-0.1, -0.05) is 140 Å². The van der Waals surface area contributed by atoms with Crippen LogP contribution in [0, 0.1) is 0 Å². The minimum absolute atomic E-state index is 0.886. The van der Waals surface area contributed by atoms with Gasteiger partial charge in [0.2, 0.25) is 0 Å². The van der Waals surface area contributed by atoms with Gasteiger partial charge >= 0.3 is 0 Å². The molecule has 3 nitrogen and oxygen atoms in total. The van der Waals surface area contributed by atoms with Crippen LogP contribution in [0.2, 0.25) is 0 Å². The highest BCUT2D eigenvalue weighted by Crippen LogP contribution is 2.41. The van der Waals surface area contributed by atoms with Crippen LogP contribution in [-0.4, -0.2) is 4.57 Å². The second kappa shape index (κ2) is 14.4. The Morgan fingerprint density at radius 2 is 0.984 bits per heavy atom. The van der Waals surface area contributed by atoms with Crippen LogP contribution in [0.4, 0.5) is 17.1 Å². The molecule has 61 heavy (non-hydrogen) atoms. The fraction of sp³-hybridized carbons (Fsp3) is 0.0345. The molecule has 2 aromatic heterocycles. The second-order valence-corrected chi connectivity index (χ2v) is 16.1. The third-order valence-electron chi connectivity index (χ3n) is 12.5. The molecule has 9 aromatic carbocycles. The Labute approximate surface area is 354 Å². The van der Waals surface area contributed by atoms with Crippen molar-refractivity contribution in [3.63, 3.8) is 0 Å². The zero-order chi connectivity index (χ0) is 40.3. The number of anilines is 3. The number of rotatable bonds is 7. The molecule has 3 heteroatoms. The van der Waals surface area contributed by atoms with Crippen molar-refractivity contribution in [2.75, 3.05) is 4.90 Å². The molecule has 1 aliphatic rings. The Bertz CT molecular complexity index is 3440. The first-order valence-corrected chi connectivity index (χ1v) is 21.1. The molecule has 0 amide bonds. The van der Waals surface area contributed by atoms with Gasteiger partial charge in [0.1, 0.15) is 11.2 Å². The van der Waals surface area contributed by atoms with Crippen molar-refractivity contribution in [2.45, 2.75) is 12.8 Å². The van der Waals surface area contributed by atoms with E-state index in [0.717, 1.165) is 51.8 Å². The van der Waals surface area contributed by atoms with Crippen LogP contribution in [0.3, 0.4) is 0 Å². The zero-order valence-electron chi connectivity index (χ0n) is 33.5. The fourth-order valence-electron chi connectivity index (χ4n) is 9.40. The smallest absolute Gasteiger partial charge is 0.135 e. The molecule has 0 saturated heterocycles. The summed E-state index contributed by atoms with van der Waals surface area (Å²) in [5, 5.41) is 6.02. The van der Waals surface area contributed by atoms with E-state index in [-0.39, 0.29) is 0 Å². The highest BCUT2D eigenvalue weighted by atomic mass is 16.3. The number of aromatic nitrogens is 1. The SMILES string of the molecule is C1=Cc2c(n(-c3ccccc3)c3ccc(-c4ccc(-c5ccc(N(c6ccc(-c7ccc8ccccc8c7)cc6)c6ccc7oc8ccccc8c7c6)cc5)cc4)cc23)CC1. The fourth-order valence-corrected chi connectivity index (χ4v) is 9.40. The van der Waals surface area contributed by atoms with Crippen molar-refractivity contribution in [3.8, 4) is 39.1 Å². The van der Waals surface area contributed by atoms with Gasteiger partial charge in [-0.25, -0.2) is 0 Å². The summed E-state index contributed by atoms with van der Waals surface area (Å²) >= 11 is 0. The molecule has 0 N–H and O–H groups in total. The lowest BCUT2D eigenvalue weighted by Crippen LogP contribution is -2.09. The van der Waals surface area contributed by atoms with E-state index in [2.05, 4.69) is 216 Å². The summed E-state index contributed by atoms with van der Waals surface area (Å²) < 4.78 is 8.68. The Morgan fingerprint density at radius 3 is 1.74 bits per heavy atom. The quantitative estimate of drug-likeness (QED) is 0.161. The van der Waals surface area contributed by atoms with Crippen molar-refractivity contribution in [2.24, 2.45) is 0 Å². The van der Waals surface area contributed by atoms with Crippen molar-refractivity contribution in [3.05, 3.63) is 224 Å². The summed E-state index contributed by atoms with van der Waals surface area (Å²) in [4.78, 5) is 2.34. The highest BCUT2D eigenvalue weighted by molar-refractivity contribution is 6.06. The van der Waals surface area contributed by atoms with Gasteiger partial charge in [0.05, 0.1) is 5.52 Å². The Morgan fingerprint density at radius 1 is 0.410 bits per heavy atom. The van der Waals surface area contributed by atoms with Crippen molar-refractivity contribution < 1.29 is 4.42 Å². The number of fused-ring (bicyclic) bond motifs is 7. The van der Waals surface area contributed by atoms with E-state index < -0.39 is 0 Å². The summed E-state index contributed by atoms with van der Waals surface area (Å²) in [6, 6.07) is 74.6. The van der Waals surface area contributed by atoms with Crippen LogP contribution in [0.15, 0.2) is 217 Å². The lowest BCUT2D eigenvalue weighted by molar-refractivity contribution is 0.669. The van der Waals surface area contributed by atoms with Crippen LogP contribution in [-0.2, 0) is 6.42 Å². The summed E-state index contributed by atoms with van der Waals surface area (Å²) in [5.41, 5.74) is 17.4. The third-order valence-corrected chi connectivity index (χ3v) is 12.5. The largest absolute Gasteiger partial charge is 0.456 e. The number of para-hydroxylation sites is 2. The van der Waals surface area contributed by atoms with E-state index in [1.54, 1.807) is 0 Å². The molecule has 11 aromatic rings. The van der Waals surface area contributed by atoms with Gasteiger partial charge in [0.15, 0.2) is 0 Å². The topological polar surface area (TPSA) is 21.3 Å². The van der Waals surface area contributed by atoms with Crippen LogP contribution >= 0.6 is 0 Å². The molecular formula is C58H40N2O. The standard InChI is InChI=1S/C58H40N2O/c1-2-12-47(13-3-1)60-55-16-8-6-14-51(55)53-37-46(28-34-56(53)60)42-20-18-40(19-21-42)41-24-29-48(30-25-41)59(50-33-35-58-54(38-50)52-15-7-9-17-57(52)61-58)49-31-26-43(27-32-49)45-23-22-39-10-4-5-11-44(39)36-45/h1-7,9-15,17-38H,8,16H2. The van der Waals surface area contributed by atoms with Crippen LogP contribution in [0.25, 0.3) is 88.8 Å². The molecule has 0 unspecified atom stereocenters. The molecule has 2 heterocycles. The lowest BCUT2D eigenvalue weighted by Gasteiger charge is -2.26. The maximum absolute atomic E-state index is 6.23. The molecule has 0 saturated carbocycles. The molecule has 0 spiro atoms. The first kappa shape index (κ1) is 35.1. The molecule has 0 bridgehead atoms. The van der Waals surface area contributed by atoms with E-state index in [1.807, 2.05) is 12.1 Å². The second-order valence-electron chi connectivity index (χ2n) is 16.1. The zero-order valence-corrected chi connectivity index (χ0v) is 33.5. The van der Waals surface area contributed by atoms with E-state index >= 15 is 0 Å². The number of hydrogen-bond acceptors (Lipinski definition) is 2. The number of hydrogen-bond donors (Lipinski definition) is 0. The van der Waals surface area contributed by atoms with Gasteiger partial charge in [0.25, 0.3) is 0 Å². The minimum atomic E-state index is 0.886. The predicted octanol–water partition coefficient (Wildman–Crippen LogP) is 16.1. The maximum Gasteiger partial charge on any atom is 0.135 e. The van der Waals surface area contributed by atoms with Gasteiger partial charge in [-0.2, -0.15) is 0 Å². The number of nitrogens with zero attached hydrogens (tertiary/aromatic N) is 2. The predicted molar refractivity (Wildman–Crippen MR) is 256 cm³/mol. The highest BCUT2D eigenvalue weighted by Gasteiger charge is 2.20. The van der Waals surface area contributed by atoms with E-state index in [0.29, 0.717) is 0 Å². The molecule has 0 radical (unpaired) electrons. The normalized spacial score (nSPS) is 12.4. The average molecular weight is 781 g/mol. The maximum atomic E-state index is 6.23. The van der Waals surface area contributed by atoms with E-state index in [9.17, 15) is 0 Å². The summed E-state index contributed by atoms with van der Waals surface area (Å²) in [6.07, 6.45) is 6.75. The Kier molecular flexibility index (Phi) is 8.31. The van der Waals surface area contributed by atoms with Crippen molar-refractivity contribution in [1.82, 2.24) is 4.57 Å². The number of allylic oxidation sites excluding steroid dienone is 1. The van der Waals surface area contributed by atoms with Crippen LogP contribution in [0.5, 0.6) is 0 Å². The average Bonchev–Trinajstić information content (AvgIpc) is 3.87. The van der Waals surface area contributed by atoms with Crippen molar-refractivity contribution in [1.29, 1.82) is 0 Å². The van der Waals surface area contributed by atoms with E-state index in [4.69, 9.17) is 4.42 Å². The summed E-state index contributed by atoms with van der Waals surface area (Å²) in [7, 11) is 0. The lowest BCUT2D eigenvalue weighted by atomic mass is 9.97. The monoisotopic (exact) mass is 780 g/mol. The minimum Gasteiger partial charge on any atom is -0.456 e. The van der Waals surface area contributed by atoms with Crippen LogP contribution in [0.1, 0.15) is 17.7 Å². The van der Waals surface area contributed by atoms with E-state index in [1.165, 1.54) is 72.0 Å². The number of furan rings is 1. The van der Waals surface area contributed by atoms with Gasteiger partial charge < -0.3 is 13.9 Å². The first-order valence-electron chi connectivity index (χ1n) is 21.1. The van der Waals surface area contributed by atoms with Gasteiger partial charge in [-0.05, 0) is 136 Å².